The summed E-state index contributed by atoms with van der Waals surface area (Å²) in [6, 6.07) is 6.57. The fraction of sp³-hybridized carbons (Fsp3) is 0.571. The molecule has 0 spiro atoms. The Kier molecular flexibility index (Phi) is 4.60. The van der Waals surface area contributed by atoms with Crippen molar-refractivity contribution in [1.29, 1.82) is 0 Å². The third-order valence-corrected chi connectivity index (χ3v) is 5.21. The van der Waals surface area contributed by atoms with E-state index in [1.807, 2.05) is 6.92 Å². The topological polar surface area (TPSA) is 57.6 Å². The summed E-state index contributed by atoms with van der Waals surface area (Å²) in [7, 11) is -3.43. The second-order valence-electron chi connectivity index (χ2n) is 5.11. The van der Waals surface area contributed by atoms with Crippen LogP contribution in [0.1, 0.15) is 31.7 Å². The van der Waals surface area contributed by atoms with Crippen molar-refractivity contribution in [1.82, 2.24) is 4.31 Å². The molecule has 2 rings (SSSR count). The molecule has 1 aliphatic carbocycles. The van der Waals surface area contributed by atoms with Crippen LogP contribution in [0.15, 0.2) is 29.2 Å². The van der Waals surface area contributed by atoms with Gasteiger partial charge in [-0.3, -0.25) is 0 Å². The van der Waals surface area contributed by atoms with Gasteiger partial charge in [-0.15, -0.1) is 0 Å². The first-order valence-electron chi connectivity index (χ1n) is 6.78. The lowest BCUT2D eigenvalue weighted by Crippen LogP contribution is -2.33. The van der Waals surface area contributed by atoms with Crippen LogP contribution in [0.3, 0.4) is 0 Å². The third-order valence-electron chi connectivity index (χ3n) is 3.35. The molecule has 1 aromatic rings. The number of rotatable bonds is 7. The molecule has 0 amide bonds. The molecule has 1 saturated carbocycles. The predicted octanol–water partition coefficient (Wildman–Crippen LogP) is 1.99. The molecule has 0 atom stereocenters. The highest BCUT2D eigenvalue weighted by atomic mass is 32.2. The number of hydrogen-bond acceptors (Lipinski definition) is 3. The number of benzene rings is 1. The molecule has 0 heterocycles. The Bertz CT molecular complexity index is 523. The first-order chi connectivity index (χ1) is 9.07. The van der Waals surface area contributed by atoms with Gasteiger partial charge in [0.2, 0.25) is 10.0 Å². The average molecular weight is 283 g/mol. The van der Waals surface area contributed by atoms with Crippen LogP contribution in [-0.2, 0) is 16.6 Å². The molecule has 5 heteroatoms. The highest BCUT2D eigenvalue weighted by Gasteiger charge is 2.31. The molecule has 0 aliphatic heterocycles. The third kappa shape index (κ3) is 3.55. The molecule has 106 valence electrons. The largest absolute Gasteiger partial charge is 0.392 e. The smallest absolute Gasteiger partial charge is 0.243 e. The summed E-state index contributed by atoms with van der Waals surface area (Å²) in [6.07, 6.45) is 3.07. The van der Waals surface area contributed by atoms with Gasteiger partial charge in [-0.2, -0.15) is 4.31 Å². The molecule has 1 fully saturated rings. The summed E-state index contributed by atoms with van der Waals surface area (Å²) in [5.41, 5.74) is 0.629. The van der Waals surface area contributed by atoms with E-state index >= 15 is 0 Å². The van der Waals surface area contributed by atoms with Crippen LogP contribution in [0.2, 0.25) is 0 Å². The number of sulfonamides is 1. The van der Waals surface area contributed by atoms with Gasteiger partial charge in [0.15, 0.2) is 0 Å². The van der Waals surface area contributed by atoms with Crippen LogP contribution in [0, 0.1) is 5.92 Å². The number of aliphatic hydroxyl groups is 1. The maximum Gasteiger partial charge on any atom is 0.243 e. The van der Waals surface area contributed by atoms with E-state index in [4.69, 9.17) is 5.11 Å². The lowest BCUT2D eigenvalue weighted by atomic mass is 10.2. The molecule has 1 N–H and O–H groups in total. The van der Waals surface area contributed by atoms with Crippen LogP contribution in [-0.4, -0.2) is 30.9 Å². The quantitative estimate of drug-likeness (QED) is 0.832. The van der Waals surface area contributed by atoms with E-state index in [0.29, 0.717) is 24.6 Å². The monoisotopic (exact) mass is 283 g/mol. The predicted molar refractivity (Wildman–Crippen MR) is 74.1 cm³/mol. The molecule has 19 heavy (non-hydrogen) atoms. The van der Waals surface area contributed by atoms with Crippen molar-refractivity contribution in [2.45, 2.75) is 37.7 Å². The maximum atomic E-state index is 12.6. The van der Waals surface area contributed by atoms with Gasteiger partial charge in [0.25, 0.3) is 0 Å². The van der Waals surface area contributed by atoms with E-state index in [1.165, 1.54) is 0 Å². The maximum absolute atomic E-state index is 12.6. The van der Waals surface area contributed by atoms with E-state index in [2.05, 4.69) is 0 Å². The van der Waals surface area contributed by atoms with Crippen molar-refractivity contribution < 1.29 is 13.5 Å². The van der Waals surface area contributed by atoms with Crippen molar-refractivity contribution >= 4 is 10.0 Å². The van der Waals surface area contributed by atoms with Gasteiger partial charge in [0.05, 0.1) is 11.5 Å². The molecule has 0 saturated heterocycles. The van der Waals surface area contributed by atoms with Crippen molar-refractivity contribution in [3.63, 3.8) is 0 Å². The first kappa shape index (κ1) is 14.5. The average Bonchev–Trinajstić information content (AvgIpc) is 3.22. The second kappa shape index (κ2) is 6.03. The Morgan fingerprint density at radius 2 is 2.11 bits per heavy atom. The highest BCUT2D eigenvalue weighted by Crippen LogP contribution is 2.31. The highest BCUT2D eigenvalue weighted by molar-refractivity contribution is 7.89. The Morgan fingerprint density at radius 1 is 1.37 bits per heavy atom. The van der Waals surface area contributed by atoms with Crippen molar-refractivity contribution in [3.8, 4) is 0 Å². The Balaban J connectivity index is 2.25. The zero-order valence-corrected chi connectivity index (χ0v) is 12.1. The molecule has 0 bridgehead atoms. The van der Waals surface area contributed by atoms with Crippen molar-refractivity contribution in [2.24, 2.45) is 5.92 Å². The molecule has 0 unspecified atom stereocenters. The summed E-state index contributed by atoms with van der Waals surface area (Å²) in [4.78, 5) is 0.285. The second-order valence-corrected chi connectivity index (χ2v) is 7.05. The minimum atomic E-state index is -3.43. The van der Waals surface area contributed by atoms with Crippen LogP contribution >= 0.6 is 0 Å². The molecule has 0 aromatic heterocycles. The van der Waals surface area contributed by atoms with Gasteiger partial charge < -0.3 is 5.11 Å². The lowest BCUT2D eigenvalue weighted by Gasteiger charge is -2.21. The van der Waals surface area contributed by atoms with Gasteiger partial charge >= 0.3 is 0 Å². The number of aliphatic hydroxyl groups excluding tert-OH is 1. The van der Waals surface area contributed by atoms with Gasteiger partial charge in [0.1, 0.15) is 0 Å². The molecular weight excluding hydrogens is 262 g/mol. The van der Waals surface area contributed by atoms with E-state index < -0.39 is 10.0 Å². The summed E-state index contributed by atoms with van der Waals surface area (Å²) >= 11 is 0. The van der Waals surface area contributed by atoms with Gasteiger partial charge in [-0.25, -0.2) is 8.42 Å². The molecule has 1 aromatic carbocycles. The lowest BCUT2D eigenvalue weighted by molar-refractivity contribution is 0.281. The molecule has 4 nitrogen and oxygen atoms in total. The standard InChI is InChI=1S/C14H21NO3S/c1-2-8-15(10-12-6-7-12)19(17,18)14-5-3-4-13(9-14)11-16/h3-5,9,12,16H,2,6-8,10-11H2,1H3. The summed E-state index contributed by atoms with van der Waals surface area (Å²) in [5, 5.41) is 9.12. The summed E-state index contributed by atoms with van der Waals surface area (Å²) < 4.78 is 26.8. The molecule has 1 aliphatic rings. The fourth-order valence-electron chi connectivity index (χ4n) is 2.10. The van der Waals surface area contributed by atoms with Gasteiger partial charge in [-0.05, 0) is 42.9 Å². The molecule has 0 radical (unpaired) electrons. The fourth-order valence-corrected chi connectivity index (χ4v) is 3.78. The van der Waals surface area contributed by atoms with E-state index in [-0.39, 0.29) is 11.5 Å². The van der Waals surface area contributed by atoms with Crippen molar-refractivity contribution in [3.05, 3.63) is 29.8 Å². The van der Waals surface area contributed by atoms with E-state index in [1.54, 1.807) is 28.6 Å². The van der Waals surface area contributed by atoms with Crippen LogP contribution in [0.4, 0.5) is 0 Å². The van der Waals surface area contributed by atoms with Crippen LogP contribution in [0.5, 0.6) is 0 Å². The molecular formula is C14H21NO3S. The Labute approximate surface area is 115 Å². The zero-order chi connectivity index (χ0) is 13.9. The Morgan fingerprint density at radius 3 is 2.68 bits per heavy atom. The minimum Gasteiger partial charge on any atom is -0.392 e. The SMILES string of the molecule is CCCN(CC1CC1)S(=O)(=O)c1cccc(CO)c1. The number of nitrogens with zero attached hydrogens (tertiary/aromatic N) is 1. The number of hydrogen-bond donors (Lipinski definition) is 1. The van der Waals surface area contributed by atoms with Crippen LogP contribution < -0.4 is 0 Å². The Hall–Kier alpha value is -0.910. The summed E-state index contributed by atoms with van der Waals surface area (Å²) in [5.74, 6) is 0.530. The zero-order valence-electron chi connectivity index (χ0n) is 11.2. The minimum absolute atomic E-state index is 0.139. The van der Waals surface area contributed by atoms with Crippen molar-refractivity contribution in [2.75, 3.05) is 13.1 Å². The van der Waals surface area contributed by atoms with Gasteiger partial charge in [-0.1, -0.05) is 19.1 Å². The van der Waals surface area contributed by atoms with E-state index in [9.17, 15) is 8.42 Å². The summed E-state index contributed by atoms with van der Waals surface area (Å²) in [6.45, 7) is 3.03. The van der Waals surface area contributed by atoms with Gasteiger partial charge in [0, 0.05) is 13.1 Å². The normalized spacial score (nSPS) is 15.9. The van der Waals surface area contributed by atoms with Crippen LogP contribution in [0.25, 0.3) is 0 Å². The van der Waals surface area contributed by atoms with E-state index in [0.717, 1.165) is 19.3 Å². The first-order valence-corrected chi connectivity index (χ1v) is 8.22.